The van der Waals surface area contributed by atoms with E-state index in [1.807, 2.05) is 0 Å². The molecule has 1 heterocycles. The van der Waals surface area contributed by atoms with Crippen LogP contribution in [0.2, 0.25) is 0 Å². The number of carbonyl (C=O) groups is 1. The smallest absolute Gasteiger partial charge is 0.224 e. The van der Waals surface area contributed by atoms with Gasteiger partial charge in [-0.1, -0.05) is 6.07 Å². The highest BCUT2D eigenvalue weighted by atomic mass is 19.2. The molecule has 1 aromatic heterocycles. The molecule has 0 aliphatic carbocycles. The number of aromatic nitrogens is 1. The minimum absolute atomic E-state index is 0.00600. The molecule has 1 atom stereocenters. The topological polar surface area (TPSA) is 65.1 Å². The van der Waals surface area contributed by atoms with Gasteiger partial charge in [-0.3, -0.25) is 4.79 Å². The third-order valence-corrected chi connectivity index (χ3v) is 3.90. The van der Waals surface area contributed by atoms with Crippen LogP contribution in [0.4, 0.5) is 13.2 Å². The van der Waals surface area contributed by atoms with E-state index in [4.69, 9.17) is 0 Å². The van der Waals surface area contributed by atoms with Crippen molar-refractivity contribution in [1.29, 1.82) is 0 Å². The second-order valence-electron chi connectivity index (χ2n) is 5.67. The number of fused-ring (bicyclic) bond motifs is 1. The molecule has 0 saturated carbocycles. The third-order valence-electron chi connectivity index (χ3n) is 3.90. The third kappa shape index (κ3) is 3.83. The number of H-pyrrole nitrogens is 1. The van der Waals surface area contributed by atoms with Gasteiger partial charge < -0.3 is 15.4 Å². The SMILES string of the molecule is O=C(Cc1c[nH]c2ccc(F)cc12)NC[C@H](O)c1ccc(F)c(F)c1. The molecule has 3 aromatic rings. The molecule has 0 unspecified atom stereocenters. The van der Waals surface area contributed by atoms with Crippen molar-refractivity contribution >= 4 is 16.8 Å². The first-order valence-corrected chi connectivity index (χ1v) is 7.59. The lowest BCUT2D eigenvalue weighted by Crippen LogP contribution is -2.29. The molecule has 0 aliphatic heterocycles. The number of aliphatic hydroxyl groups is 1. The molecule has 3 rings (SSSR count). The summed E-state index contributed by atoms with van der Waals surface area (Å²) in [5.74, 6) is -2.86. The number of benzene rings is 2. The minimum atomic E-state index is -1.17. The average Bonchev–Trinajstić information content (AvgIpc) is 2.97. The fraction of sp³-hybridized carbons (Fsp3) is 0.167. The maximum Gasteiger partial charge on any atom is 0.224 e. The number of amides is 1. The highest BCUT2D eigenvalue weighted by Gasteiger charge is 2.14. The summed E-state index contributed by atoms with van der Waals surface area (Å²) in [6.07, 6.45) is 0.447. The van der Waals surface area contributed by atoms with Crippen molar-refractivity contribution in [2.75, 3.05) is 6.54 Å². The second kappa shape index (κ2) is 6.98. The molecular formula is C18H15F3N2O2. The van der Waals surface area contributed by atoms with Gasteiger partial charge in [-0.15, -0.1) is 0 Å². The predicted molar refractivity (Wildman–Crippen MR) is 86.3 cm³/mol. The maximum atomic E-state index is 13.3. The molecule has 4 nitrogen and oxygen atoms in total. The standard InChI is InChI=1S/C18H15F3N2O2/c19-12-2-4-16-13(7-12)11(8-22-16)6-18(25)23-9-17(24)10-1-3-14(20)15(21)5-10/h1-5,7-8,17,22,24H,6,9H2,(H,23,25)/t17-/m0/s1. The Labute approximate surface area is 141 Å². The van der Waals surface area contributed by atoms with Crippen molar-refractivity contribution < 1.29 is 23.1 Å². The molecule has 0 saturated heterocycles. The fourth-order valence-electron chi connectivity index (χ4n) is 2.58. The van der Waals surface area contributed by atoms with E-state index in [1.165, 1.54) is 18.2 Å². The Morgan fingerprint density at radius 2 is 1.92 bits per heavy atom. The number of carbonyl (C=O) groups excluding carboxylic acids is 1. The van der Waals surface area contributed by atoms with Crippen LogP contribution in [-0.2, 0) is 11.2 Å². The Morgan fingerprint density at radius 3 is 2.68 bits per heavy atom. The summed E-state index contributed by atoms with van der Waals surface area (Å²) >= 11 is 0. The van der Waals surface area contributed by atoms with Gasteiger partial charge in [0.05, 0.1) is 12.5 Å². The summed E-state index contributed by atoms with van der Waals surface area (Å²) < 4.78 is 39.4. The summed E-state index contributed by atoms with van der Waals surface area (Å²) in [7, 11) is 0. The largest absolute Gasteiger partial charge is 0.387 e. The summed E-state index contributed by atoms with van der Waals surface area (Å²) in [5, 5.41) is 13.1. The number of hydrogen-bond donors (Lipinski definition) is 3. The number of nitrogens with one attached hydrogen (secondary N) is 2. The zero-order valence-corrected chi connectivity index (χ0v) is 13.0. The van der Waals surface area contributed by atoms with Gasteiger partial charge in [0.1, 0.15) is 5.82 Å². The van der Waals surface area contributed by atoms with Gasteiger partial charge >= 0.3 is 0 Å². The van der Waals surface area contributed by atoms with Gasteiger partial charge in [-0.05, 0) is 41.5 Å². The lowest BCUT2D eigenvalue weighted by atomic mass is 10.1. The molecule has 130 valence electrons. The van der Waals surface area contributed by atoms with E-state index >= 15 is 0 Å². The van der Waals surface area contributed by atoms with Crippen LogP contribution in [0.25, 0.3) is 10.9 Å². The van der Waals surface area contributed by atoms with Crippen molar-refractivity contribution in [3.8, 4) is 0 Å². The van der Waals surface area contributed by atoms with Crippen LogP contribution >= 0.6 is 0 Å². The van der Waals surface area contributed by atoms with Gasteiger partial charge in [0.15, 0.2) is 11.6 Å². The molecule has 2 aromatic carbocycles. The number of aliphatic hydroxyl groups excluding tert-OH is 1. The van der Waals surface area contributed by atoms with Crippen molar-refractivity contribution in [2.24, 2.45) is 0 Å². The summed E-state index contributed by atoms with van der Waals surface area (Å²) in [4.78, 5) is 15.0. The van der Waals surface area contributed by atoms with E-state index in [2.05, 4.69) is 10.3 Å². The van der Waals surface area contributed by atoms with Gasteiger partial charge in [-0.25, -0.2) is 13.2 Å². The lowest BCUT2D eigenvalue weighted by Gasteiger charge is -2.12. The highest BCUT2D eigenvalue weighted by molar-refractivity contribution is 5.88. The molecule has 25 heavy (non-hydrogen) atoms. The summed E-state index contributed by atoms with van der Waals surface area (Å²) in [5.41, 5.74) is 1.49. The molecule has 0 fully saturated rings. The lowest BCUT2D eigenvalue weighted by molar-refractivity contribution is -0.120. The van der Waals surface area contributed by atoms with Crippen LogP contribution in [0.3, 0.4) is 0 Å². The summed E-state index contributed by atoms with van der Waals surface area (Å²) in [6, 6.07) is 7.28. The number of aromatic amines is 1. The van der Waals surface area contributed by atoms with E-state index in [9.17, 15) is 23.1 Å². The van der Waals surface area contributed by atoms with Gasteiger partial charge in [0.25, 0.3) is 0 Å². The molecule has 3 N–H and O–H groups in total. The van der Waals surface area contributed by atoms with E-state index < -0.39 is 23.6 Å². The van der Waals surface area contributed by atoms with Gasteiger partial charge in [0.2, 0.25) is 5.91 Å². The first-order valence-electron chi connectivity index (χ1n) is 7.59. The number of rotatable bonds is 5. The Kier molecular flexibility index (Phi) is 4.76. The van der Waals surface area contributed by atoms with Crippen molar-refractivity contribution in [1.82, 2.24) is 10.3 Å². The first kappa shape index (κ1) is 17.0. The zero-order valence-electron chi connectivity index (χ0n) is 13.0. The van der Waals surface area contributed by atoms with Gasteiger partial charge in [-0.2, -0.15) is 0 Å². The molecular weight excluding hydrogens is 333 g/mol. The molecule has 0 bridgehead atoms. The van der Waals surface area contributed by atoms with E-state index in [-0.39, 0.29) is 24.4 Å². The second-order valence-corrected chi connectivity index (χ2v) is 5.67. The van der Waals surface area contributed by atoms with Crippen LogP contribution < -0.4 is 5.32 Å². The first-order chi connectivity index (χ1) is 11.9. The maximum absolute atomic E-state index is 13.3. The Bertz CT molecular complexity index is 924. The molecule has 0 spiro atoms. The molecule has 0 radical (unpaired) electrons. The van der Waals surface area contributed by atoms with Crippen LogP contribution in [0.5, 0.6) is 0 Å². The minimum Gasteiger partial charge on any atom is -0.387 e. The van der Waals surface area contributed by atoms with Gasteiger partial charge in [0, 0.05) is 23.6 Å². The Morgan fingerprint density at radius 1 is 1.12 bits per heavy atom. The quantitative estimate of drug-likeness (QED) is 0.664. The zero-order chi connectivity index (χ0) is 18.0. The van der Waals surface area contributed by atoms with Crippen molar-refractivity contribution in [3.63, 3.8) is 0 Å². The molecule has 0 aliphatic rings. The van der Waals surface area contributed by atoms with Crippen LogP contribution in [0, 0.1) is 17.5 Å². The predicted octanol–water partition coefficient (Wildman–Crippen LogP) is 2.98. The Hall–Kier alpha value is -2.80. The number of hydrogen-bond acceptors (Lipinski definition) is 2. The Balaban J connectivity index is 1.62. The van der Waals surface area contributed by atoms with Crippen LogP contribution in [-0.4, -0.2) is 22.5 Å². The molecule has 1 amide bonds. The van der Waals surface area contributed by atoms with Crippen molar-refractivity contribution in [3.05, 3.63) is 71.2 Å². The number of halogens is 3. The van der Waals surface area contributed by atoms with E-state index in [0.717, 1.165) is 12.1 Å². The van der Waals surface area contributed by atoms with Crippen molar-refractivity contribution in [2.45, 2.75) is 12.5 Å². The monoisotopic (exact) mass is 348 g/mol. The summed E-state index contributed by atoms with van der Waals surface area (Å²) in [6.45, 7) is -0.152. The normalized spacial score (nSPS) is 12.3. The van der Waals surface area contributed by atoms with E-state index in [1.54, 1.807) is 12.3 Å². The highest BCUT2D eigenvalue weighted by Crippen LogP contribution is 2.20. The van der Waals surface area contributed by atoms with E-state index in [0.29, 0.717) is 16.5 Å². The van der Waals surface area contributed by atoms with Crippen LogP contribution in [0.1, 0.15) is 17.2 Å². The van der Waals surface area contributed by atoms with Crippen LogP contribution in [0.15, 0.2) is 42.6 Å². The molecule has 7 heteroatoms. The average molecular weight is 348 g/mol. The fourth-order valence-corrected chi connectivity index (χ4v) is 2.58.